The van der Waals surface area contributed by atoms with Crippen molar-refractivity contribution in [1.29, 1.82) is 0 Å². The summed E-state index contributed by atoms with van der Waals surface area (Å²) in [4.78, 5) is 3.20. The first kappa shape index (κ1) is 9.59. The standard InChI is InChI=1S/C11H12BrNO/c12-5-1-2-8-7-13-11-4-3-9(14)6-10(8)11/h3-4,6-7,13-14H,1-2,5H2. The molecule has 0 amide bonds. The molecule has 1 aromatic heterocycles. The van der Waals surface area contributed by atoms with Crippen LogP contribution in [0, 0.1) is 0 Å². The van der Waals surface area contributed by atoms with Crippen LogP contribution in [0.25, 0.3) is 10.9 Å². The second-order valence-corrected chi connectivity index (χ2v) is 4.13. The maximum Gasteiger partial charge on any atom is 0.116 e. The zero-order chi connectivity index (χ0) is 9.97. The van der Waals surface area contributed by atoms with Crippen LogP contribution in [-0.2, 0) is 6.42 Å². The van der Waals surface area contributed by atoms with E-state index in [1.807, 2.05) is 18.3 Å². The number of nitrogens with one attached hydrogen (secondary N) is 1. The number of H-pyrrole nitrogens is 1. The fraction of sp³-hybridized carbons (Fsp3) is 0.273. The second kappa shape index (κ2) is 4.05. The van der Waals surface area contributed by atoms with Gasteiger partial charge in [-0.2, -0.15) is 0 Å². The second-order valence-electron chi connectivity index (χ2n) is 3.34. The molecule has 14 heavy (non-hydrogen) atoms. The fourth-order valence-corrected chi connectivity index (χ4v) is 1.91. The van der Waals surface area contributed by atoms with Gasteiger partial charge in [-0.1, -0.05) is 15.9 Å². The summed E-state index contributed by atoms with van der Waals surface area (Å²) in [5, 5.41) is 11.5. The highest BCUT2D eigenvalue weighted by Crippen LogP contribution is 2.23. The van der Waals surface area contributed by atoms with Crippen molar-refractivity contribution in [3.63, 3.8) is 0 Å². The number of phenolic OH excluding ortho intramolecular Hbond substituents is 1. The van der Waals surface area contributed by atoms with Gasteiger partial charge >= 0.3 is 0 Å². The van der Waals surface area contributed by atoms with Crippen LogP contribution in [0.2, 0.25) is 0 Å². The highest BCUT2D eigenvalue weighted by atomic mass is 79.9. The molecule has 0 unspecified atom stereocenters. The van der Waals surface area contributed by atoms with Crippen LogP contribution < -0.4 is 0 Å². The van der Waals surface area contributed by atoms with Crippen LogP contribution >= 0.6 is 15.9 Å². The predicted octanol–water partition coefficient (Wildman–Crippen LogP) is 3.20. The van der Waals surface area contributed by atoms with Crippen LogP contribution in [0.15, 0.2) is 24.4 Å². The Kier molecular flexibility index (Phi) is 2.77. The lowest BCUT2D eigenvalue weighted by Crippen LogP contribution is -1.83. The Morgan fingerprint density at radius 3 is 3.00 bits per heavy atom. The summed E-state index contributed by atoms with van der Waals surface area (Å²) in [5.41, 5.74) is 2.36. The van der Waals surface area contributed by atoms with Gasteiger partial charge in [-0.05, 0) is 36.6 Å². The molecule has 0 aliphatic rings. The summed E-state index contributed by atoms with van der Waals surface area (Å²) >= 11 is 3.41. The number of fused-ring (bicyclic) bond motifs is 1. The highest BCUT2D eigenvalue weighted by molar-refractivity contribution is 9.09. The molecule has 0 aliphatic heterocycles. The molecule has 0 aliphatic carbocycles. The van der Waals surface area contributed by atoms with E-state index in [1.54, 1.807) is 6.07 Å². The lowest BCUT2D eigenvalue weighted by atomic mass is 10.1. The molecule has 0 saturated carbocycles. The molecule has 1 heterocycles. The third kappa shape index (κ3) is 1.77. The van der Waals surface area contributed by atoms with E-state index >= 15 is 0 Å². The van der Waals surface area contributed by atoms with Gasteiger partial charge in [0.05, 0.1) is 0 Å². The topological polar surface area (TPSA) is 36.0 Å². The van der Waals surface area contributed by atoms with Gasteiger partial charge < -0.3 is 10.1 Å². The summed E-state index contributed by atoms with van der Waals surface area (Å²) in [6.45, 7) is 0. The van der Waals surface area contributed by atoms with Crippen molar-refractivity contribution < 1.29 is 5.11 Å². The number of aromatic nitrogens is 1. The fourth-order valence-electron chi connectivity index (χ4n) is 1.63. The lowest BCUT2D eigenvalue weighted by molar-refractivity contribution is 0.476. The Labute approximate surface area is 91.1 Å². The van der Waals surface area contributed by atoms with E-state index in [1.165, 1.54) is 5.56 Å². The largest absolute Gasteiger partial charge is 0.508 e. The third-order valence-electron chi connectivity index (χ3n) is 2.33. The molecule has 2 nitrogen and oxygen atoms in total. The number of aromatic hydroxyl groups is 1. The normalized spacial score (nSPS) is 10.9. The van der Waals surface area contributed by atoms with Gasteiger partial charge in [0.1, 0.15) is 5.75 Å². The number of aryl methyl sites for hydroxylation is 1. The van der Waals surface area contributed by atoms with E-state index in [-0.39, 0.29) is 0 Å². The van der Waals surface area contributed by atoms with Gasteiger partial charge in [0, 0.05) is 22.4 Å². The molecule has 0 atom stereocenters. The van der Waals surface area contributed by atoms with Crippen LogP contribution in [0.5, 0.6) is 5.75 Å². The first-order chi connectivity index (χ1) is 6.81. The summed E-state index contributed by atoms with van der Waals surface area (Å²) in [6, 6.07) is 5.42. The zero-order valence-electron chi connectivity index (χ0n) is 7.76. The average molecular weight is 254 g/mol. The van der Waals surface area contributed by atoms with E-state index in [0.717, 1.165) is 29.1 Å². The molecule has 2 N–H and O–H groups in total. The van der Waals surface area contributed by atoms with Gasteiger partial charge in [-0.25, -0.2) is 0 Å². The SMILES string of the molecule is Oc1ccc2[nH]cc(CCCBr)c2c1. The quantitative estimate of drug-likeness (QED) is 0.810. The number of alkyl halides is 1. The molecule has 0 radical (unpaired) electrons. The molecular formula is C11H12BrNO. The molecule has 2 rings (SSSR count). The first-order valence-corrected chi connectivity index (χ1v) is 5.78. The zero-order valence-corrected chi connectivity index (χ0v) is 9.34. The highest BCUT2D eigenvalue weighted by Gasteiger charge is 2.03. The van der Waals surface area contributed by atoms with E-state index in [0.29, 0.717) is 5.75 Å². The Morgan fingerprint density at radius 2 is 2.21 bits per heavy atom. The van der Waals surface area contributed by atoms with E-state index in [2.05, 4.69) is 20.9 Å². The molecule has 0 bridgehead atoms. The number of rotatable bonds is 3. The van der Waals surface area contributed by atoms with Crippen molar-refractivity contribution >= 4 is 26.8 Å². The number of phenols is 1. The molecule has 2 aromatic rings. The van der Waals surface area contributed by atoms with Crippen LogP contribution in [0.3, 0.4) is 0 Å². The van der Waals surface area contributed by atoms with E-state index < -0.39 is 0 Å². The number of halogens is 1. The Morgan fingerprint density at radius 1 is 1.36 bits per heavy atom. The van der Waals surface area contributed by atoms with Crippen LogP contribution in [0.4, 0.5) is 0 Å². The number of benzene rings is 1. The van der Waals surface area contributed by atoms with Crippen molar-refractivity contribution in [1.82, 2.24) is 4.98 Å². The molecule has 0 spiro atoms. The minimum Gasteiger partial charge on any atom is -0.508 e. The predicted molar refractivity (Wildman–Crippen MR) is 62.1 cm³/mol. The van der Waals surface area contributed by atoms with Crippen molar-refractivity contribution in [2.45, 2.75) is 12.8 Å². The maximum atomic E-state index is 9.38. The minimum absolute atomic E-state index is 0.331. The number of hydrogen-bond acceptors (Lipinski definition) is 1. The minimum atomic E-state index is 0.331. The van der Waals surface area contributed by atoms with E-state index in [9.17, 15) is 5.11 Å². The van der Waals surface area contributed by atoms with E-state index in [4.69, 9.17) is 0 Å². The van der Waals surface area contributed by atoms with Crippen molar-refractivity contribution in [3.05, 3.63) is 30.0 Å². The molecular weight excluding hydrogens is 242 g/mol. The summed E-state index contributed by atoms with van der Waals surface area (Å²) < 4.78 is 0. The molecule has 0 saturated heterocycles. The molecule has 3 heteroatoms. The van der Waals surface area contributed by atoms with Crippen molar-refractivity contribution in [2.75, 3.05) is 5.33 Å². The maximum absolute atomic E-state index is 9.38. The number of aromatic amines is 1. The smallest absolute Gasteiger partial charge is 0.116 e. The van der Waals surface area contributed by atoms with Gasteiger partial charge in [0.2, 0.25) is 0 Å². The summed E-state index contributed by atoms with van der Waals surface area (Å²) in [6.07, 6.45) is 4.17. The summed E-state index contributed by atoms with van der Waals surface area (Å²) in [7, 11) is 0. The molecule has 74 valence electrons. The third-order valence-corrected chi connectivity index (χ3v) is 2.89. The van der Waals surface area contributed by atoms with Gasteiger partial charge in [0.25, 0.3) is 0 Å². The number of hydrogen-bond donors (Lipinski definition) is 2. The van der Waals surface area contributed by atoms with Crippen LogP contribution in [0.1, 0.15) is 12.0 Å². The van der Waals surface area contributed by atoms with Crippen molar-refractivity contribution in [2.24, 2.45) is 0 Å². The van der Waals surface area contributed by atoms with Gasteiger partial charge in [-0.3, -0.25) is 0 Å². The summed E-state index contributed by atoms with van der Waals surface area (Å²) in [5.74, 6) is 0.331. The Hall–Kier alpha value is -0.960. The average Bonchev–Trinajstić information content (AvgIpc) is 2.57. The van der Waals surface area contributed by atoms with Crippen molar-refractivity contribution in [3.8, 4) is 5.75 Å². The first-order valence-electron chi connectivity index (χ1n) is 4.66. The van der Waals surface area contributed by atoms with Gasteiger partial charge in [0.15, 0.2) is 0 Å². The molecule has 0 fully saturated rings. The van der Waals surface area contributed by atoms with Gasteiger partial charge in [-0.15, -0.1) is 0 Å². The monoisotopic (exact) mass is 253 g/mol. The molecule has 1 aromatic carbocycles. The van der Waals surface area contributed by atoms with Crippen LogP contribution in [-0.4, -0.2) is 15.4 Å². The Balaban J connectivity index is 2.40. The lowest BCUT2D eigenvalue weighted by Gasteiger charge is -1.97. The Bertz CT molecular complexity index is 436.